The molecular weight excluding hydrogens is 254 g/mol. The summed E-state index contributed by atoms with van der Waals surface area (Å²) in [5.74, 6) is 0.679. The molecule has 0 amide bonds. The minimum atomic E-state index is 0.417. The van der Waals surface area contributed by atoms with Crippen LogP contribution in [0.4, 0.5) is 0 Å². The van der Waals surface area contributed by atoms with Gasteiger partial charge in [0.15, 0.2) is 0 Å². The molecule has 0 saturated carbocycles. The van der Waals surface area contributed by atoms with Crippen LogP contribution in [-0.4, -0.2) is 33.5 Å². The molecule has 0 atom stereocenters. The first-order valence-corrected chi connectivity index (χ1v) is 6.34. The number of hydrogen-bond acceptors (Lipinski definition) is 4. The molecule has 0 aromatic heterocycles. The van der Waals surface area contributed by atoms with Crippen LogP contribution in [0, 0.1) is 0 Å². The van der Waals surface area contributed by atoms with E-state index in [-0.39, 0.29) is 0 Å². The number of hydrogen-bond donors (Lipinski definition) is 1. The van der Waals surface area contributed by atoms with Crippen LogP contribution < -0.4 is 10.5 Å². The Labute approximate surface area is 113 Å². The molecular formula is C13H20ClNO3. The fourth-order valence-corrected chi connectivity index (χ4v) is 1.70. The second kappa shape index (κ2) is 9.16. The van der Waals surface area contributed by atoms with E-state index < -0.39 is 0 Å². The van der Waals surface area contributed by atoms with Crippen LogP contribution in [0.25, 0.3) is 0 Å². The predicted octanol–water partition coefficient (Wildman–Crippen LogP) is 2.23. The van der Waals surface area contributed by atoms with E-state index in [0.717, 1.165) is 12.0 Å². The van der Waals surface area contributed by atoms with Crippen molar-refractivity contribution >= 4 is 11.6 Å². The summed E-state index contributed by atoms with van der Waals surface area (Å²) in [6.07, 6.45) is 0.805. The van der Waals surface area contributed by atoms with Gasteiger partial charge in [-0.05, 0) is 6.07 Å². The quantitative estimate of drug-likeness (QED) is 0.701. The van der Waals surface area contributed by atoms with Crippen LogP contribution in [0.1, 0.15) is 12.0 Å². The molecule has 0 saturated heterocycles. The third kappa shape index (κ3) is 5.23. The van der Waals surface area contributed by atoms with Crippen molar-refractivity contribution in [2.75, 3.05) is 33.5 Å². The minimum Gasteiger partial charge on any atom is -0.492 e. The van der Waals surface area contributed by atoms with Gasteiger partial charge in [0.05, 0.1) is 24.8 Å². The van der Waals surface area contributed by atoms with Gasteiger partial charge in [-0.25, -0.2) is 0 Å². The van der Waals surface area contributed by atoms with E-state index >= 15 is 0 Å². The average Bonchev–Trinajstić information content (AvgIpc) is 2.39. The number of para-hydroxylation sites is 1. The molecule has 1 aromatic rings. The normalized spacial score (nSPS) is 10.6. The zero-order chi connectivity index (χ0) is 13.2. The Hall–Kier alpha value is -0.810. The van der Waals surface area contributed by atoms with Gasteiger partial charge in [0, 0.05) is 32.2 Å². The topological polar surface area (TPSA) is 53.7 Å². The molecule has 18 heavy (non-hydrogen) atoms. The van der Waals surface area contributed by atoms with Gasteiger partial charge in [-0.2, -0.15) is 0 Å². The summed E-state index contributed by atoms with van der Waals surface area (Å²) in [5, 5.41) is 0.596. The fraction of sp³-hybridized carbons (Fsp3) is 0.538. The molecule has 0 radical (unpaired) electrons. The van der Waals surface area contributed by atoms with Gasteiger partial charge in [-0.3, -0.25) is 0 Å². The summed E-state index contributed by atoms with van der Waals surface area (Å²) in [6, 6.07) is 5.58. The highest BCUT2D eigenvalue weighted by atomic mass is 35.5. The Morgan fingerprint density at radius 3 is 2.72 bits per heavy atom. The van der Waals surface area contributed by atoms with Gasteiger partial charge in [-0.15, -0.1) is 0 Å². The second-order valence-corrected chi connectivity index (χ2v) is 4.15. The second-order valence-electron chi connectivity index (χ2n) is 3.74. The Morgan fingerprint density at radius 1 is 1.17 bits per heavy atom. The first-order chi connectivity index (χ1) is 8.79. The lowest BCUT2D eigenvalue weighted by molar-refractivity contribution is 0.0644. The van der Waals surface area contributed by atoms with Crippen molar-refractivity contribution in [2.45, 2.75) is 13.0 Å². The molecule has 4 nitrogen and oxygen atoms in total. The lowest BCUT2D eigenvalue weighted by atomic mass is 10.2. The van der Waals surface area contributed by atoms with Gasteiger partial charge < -0.3 is 19.9 Å². The number of benzene rings is 1. The van der Waals surface area contributed by atoms with Crippen molar-refractivity contribution < 1.29 is 14.2 Å². The van der Waals surface area contributed by atoms with Gasteiger partial charge >= 0.3 is 0 Å². The Balaban J connectivity index is 2.26. The lowest BCUT2D eigenvalue weighted by Gasteiger charge is -2.12. The molecule has 5 heteroatoms. The van der Waals surface area contributed by atoms with Gasteiger partial charge in [0.2, 0.25) is 0 Å². The van der Waals surface area contributed by atoms with E-state index in [1.807, 2.05) is 12.1 Å². The number of halogens is 1. The molecule has 1 aromatic carbocycles. The molecule has 0 fully saturated rings. The molecule has 0 bridgehead atoms. The first kappa shape index (κ1) is 15.2. The van der Waals surface area contributed by atoms with E-state index in [4.69, 9.17) is 31.5 Å². The highest BCUT2D eigenvalue weighted by Gasteiger charge is 2.06. The molecule has 0 aliphatic heterocycles. The highest BCUT2D eigenvalue weighted by molar-refractivity contribution is 6.32. The molecule has 0 unspecified atom stereocenters. The number of methoxy groups -OCH3 is 1. The van der Waals surface area contributed by atoms with Crippen molar-refractivity contribution in [3.05, 3.63) is 28.8 Å². The minimum absolute atomic E-state index is 0.417. The molecule has 0 spiro atoms. The lowest BCUT2D eigenvalue weighted by Crippen LogP contribution is -2.08. The SMILES string of the molecule is COCCOCCCOc1c(Cl)cccc1CN. The van der Waals surface area contributed by atoms with E-state index in [1.54, 1.807) is 13.2 Å². The molecule has 0 heterocycles. The van der Waals surface area contributed by atoms with Crippen LogP contribution in [0.15, 0.2) is 18.2 Å². The van der Waals surface area contributed by atoms with Crippen molar-refractivity contribution in [3.8, 4) is 5.75 Å². The predicted molar refractivity (Wildman–Crippen MR) is 72.2 cm³/mol. The van der Waals surface area contributed by atoms with Gasteiger partial charge in [0.1, 0.15) is 5.75 Å². The standard InChI is InChI=1S/C13H20ClNO3/c1-16-8-9-17-6-3-7-18-13-11(10-15)4-2-5-12(13)14/h2,4-5H,3,6-10,15H2,1H3. The van der Waals surface area contributed by atoms with Crippen molar-refractivity contribution in [1.82, 2.24) is 0 Å². The molecule has 102 valence electrons. The number of nitrogens with two attached hydrogens (primary N) is 1. The van der Waals surface area contributed by atoms with Crippen LogP contribution >= 0.6 is 11.6 Å². The zero-order valence-electron chi connectivity index (χ0n) is 10.7. The third-order valence-corrected chi connectivity index (χ3v) is 2.68. The third-order valence-electron chi connectivity index (χ3n) is 2.38. The van der Waals surface area contributed by atoms with E-state index in [1.165, 1.54) is 0 Å². The van der Waals surface area contributed by atoms with E-state index in [2.05, 4.69) is 0 Å². The summed E-state index contributed by atoms with van der Waals surface area (Å²) in [7, 11) is 1.65. The Bertz CT molecular complexity index is 347. The summed E-state index contributed by atoms with van der Waals surface area (Å²) < 4.78 is 15.9. The van der Waals surface area contributed by atoms with Crippen molar-refractivity contribution in [2.24, 2.45) is 5.73 Å². The fourth-order valence-electron chi connectivity index (χ4n) is 1.46. The smallest absolute Gasteiger partial charge is 0.142 e. The van der Waals surface area contributed by atoms with Gasteiger partial charge in [0.25, 0.3) is 0 Å². The Morgan fingerprint density at radius 2 is 2.00 bits per heavy atom. The monoisotopic (exact) mass is 273 g/mol. The van der Waals surface area contributed by atoms with Crippen LogP contribution in [0.5, 0.6) is 5.75 Å². The van der Waals surface area contributed by atoms with Crippen molar-refractivity contribution in [1.29, 1.82) is 0 Å². The summed E-state index contributed by atoms with van der Waals surface area (Å²) in [4.78, 5) is 0. The maximum absolute atomic E-state index is 6.06. The first-order valence-electron chi connectivity index (χ1n) is 5.96. The average molecular weight is 274 g/mol. The summed E-state index contributed by atoms with van der Waals surface area (Å²) in [6.45, 7) is 2.84. The van der Waals surface area contributed by atoms with Gasteiger partial charge in [-0.1, -0.05) is 23.7 Å². The van der Waals surface area contributed by atoms with E-state index in [9.17, 15) is 0 Å². The molecule has 0 aliphatic carbocycles. The van der Waals surface area contributed by atoms with Crippen LogP contribution in [0.3, 0.4) is 0 Å². The molecule has 0 aliphatic rings. The molecule has 2 N–H and O–H groups in total. The van der Waals surface area contributed by atoms with Crippen LogP contribution in [0.2, 0.25) is 5.02 Å². The Kier molecular flexibility index (Phi) is 7.76. The number of rotatable bonds is 9. The van der Waals surface area contributed by atoms with Crippen molar-refractivity contribution in [3.63, 3.8) is 0 Å². The zero-order valence-corrected chi connectivity index (χ0v) is 11.4. The molecule has 1 rings (SSSR count). The highest BCUT2D eigenvalue weighted by Crippen LogP contribution is 2.28. The summed E-state index contributed by atoms with van der Waals surface area (Å²) >= 11 is 6.06. The van der Waals surface area contributed by atoms with E-state index in [0.29, 0.717) is 43.7 Å². The maximum Gasteiger partial charge on any atom is 0.142 e. The largest absolute Gasteiger partial charge is 0.492 e. The number of ether oxygens (including phenoxy) is 3. The maximum atomic E-state index is 6.06. The van der Waals surface area contributed by atoms with Crippen LogP contribution in [-0.2, 0) is 16.0 Å². The summed E-state index contributed by atoms with van der Waals surface area (Å²) in [5.41, 5.74) is 6.55.